The summed E-state index contributed by atoms with van der Waals surface area (Å²) in [6.45, 7) is 5.69. The highest BCUT2D eigenvalue weighted by molar-refractivity contribution is 5.81. The van der Waals surface area contributed by atoms with E-state index in [0.29, 0.717) is 6.42 Å². The summed E-state index contributed by atoms with van der Waals surface area (Å²) in [6, 6.07) is 16.1. The van der Waals surface area contributed by atoms with E-state index >= 15 is 0 Å². The number of aliphatic carboxylic acids is 1. The van der Waals surface area contributed by atoms with Crippen LogP contribution in [-0.4, -0.2) is 54.0 Å². The van der Waals surface area contributed by atoms with Crippen LogP contribution in [0.5, 0.6) is 0 Å². The third-order valence-electron chi connectivity index (χ3n) is 5.82. The number of benzene rings is 2. The van der Waals surface area contributed by atoms with Crippen LogP contribution in [-0.2, 0) is 14.3 Å². The number of fused-ring (bicyclic) bond motifs is 3. The first-order valence-electron chi connectivity index (χ1n) is 11.3. The van der Waals surface area contributed by atoms with Gasteiger partial charge in [-0.3, -0.25) is 4.79 Å². The van der Waals surface area contributed by atoms with E-state index in [1.165, 1.54) is 0 Å². The lowest BCUT2D eigenvalue weighted by molar-refractivity contribution is -0.146. The number of carbonyl (C=O) groups is 3. The van der Waals surface area contributed by atoms with Crippen molar-refractivity contribution >= 4 is 18.0 Å². The molecule has 1 aliphatic rings. The molecule has 0 saturated heterocycles. The molecule has 3 rings (SSSR count). The van der Waals surface area contributed by atoms with Gasteiger partial charge in [0.1, 0.15) is 6.61 Å². The molecule has 0 saturated carbocycles. The van der Waals surface area contributed by atoms with Crippen molar-refractivity contribution in [2.75, 3.05) is 19.7 Å². The zero-order chi connectivity index (χ0) is 24.9. The average molecular weight is 469 g/mol. The highest BCUT2D eigenvalue weighted by Gasteiger charge is 2.30. The normalized spacial score (nSPS) is 14.5. The summed E-state index contributed by atoms with van der Waals surface area (Å²) < 4.78 is 5.53. The maximum atomic E-state index is 12.6. The van der Waals surface area contributed by atoms with Gasteiger partial charge in [0, 0.05) is 12.5 Å². The summed E-state index contributed by atoms with van der Waals surface area (Å²) in [7, 11) is 0. The fourth-order valence-corrected chi connectivity index (χ4v) is 4.28. The summed E-state index contributed by atoms with van der Waals surface area (Å²) in [5, 5.41) is 23.3. The number of amides is 2. The second kappa shape index (κ2) is 10.7. The van der Waals surface area contributed by atoms with Crippen molar-refractivity contribution in [2.45, 2.75) is 39.2 Å². The number of aliphatic hydroxyl groups is 1. The minimum atomic E-state index is -1.69. The summed E-state index contributed by atoms with van der Waals surface area (Å²) in [4.78, 5) is 35.9. The van der Waals surface area contributed by atoms with Gasteiger partial charge in [-0.1, -0.05) is 69.3 Å². The Hall–Kier alpha value is -3.39. The Morgan fingerprint density at radius 1 is 0.941 bits per heavy atom. The molecule has 0 aliphatic heterocycles. The zero-order valence-corrected chi connectivity index (χ0v) is 19.7. The number of carbonyl (C=O) groups excluding carboxylic acids is 2. The lowest BCUT2D eigenvalue weighted by Crippen LogP contribution is -2.44. The standard InChI is InChI=1S/C26H32N2O6/c1-26(2,3)12-16(23(30)27-14-22(29)24(31)32)13-28-25(33)34-15-21-19-10-6-4-8-17(19)18-9-5-7-11-20(18)21/h4-11,16,21-22,29H,12-15H2,1-3H3,(H,27,30)(H,28,33)(H,31,32)/t16?,22-/m0/s1. The van der Waals surface area contributed by atoms with Gasteiger partial charge >= 0.3 is 12.1 Å². The number of hydrogen-bond donors (Lipinski definition) is 4. The van der Waals surface area contributed by atoms with Gasteiger partial charge in [-0.15, -0.1) is 0 Å². The average Bonchev–Trinajstić information content (AvgIpc) is 3.11. The number of alkyl carbamates (subject to hydrolysis) is 1. The van der Waals surface area contributed by atoms with Crippen LogP contribution in [0.3, 0.4) is 0 Å². The highest BCUT2D eigenvalue weighted by Crippen LogP contribution is 2.44. The number of hydrogen-bond acceptors (Lipinski definition) is 5. The maximum absolute atomic E-state index is 12.6. The molecule has 8 heteroatoms. The maximum Gasteiger partial charge on any atom is 0.407 e. The van der Waals surface area contributed by atoms with Crippen molar-refractivity contribution in [3.8, 4) is 11.1 Å². The van der Waals surface area contributed by atoms with Crippen LogP contribution >= 0.6 is 0 Å². The first-order chi connectivity index (χ1) is 16.1. The lowest BCUT2D eigenvalue weighted by Gasteiger charge is -2.26. The van der Waals surface area contributed by atoms with Crippen LogP contribution in [0.25, 0.3) is 11.1 Å². The van der Waals surface area contributed by atoms with Crippen LogP contribution in [0.15, 0.2) is 48.5 Å². The highest BCUT2D eigenvalue weighted by atomic mass is 16.5. The molecule has 0 fully saturated rings. The van der Waals surface area contributed by atoms with Crippen molar-refractivity contribution in [3.05, 3.63) is 59.7 Å². The minimum Gasteiger partial charge on any atom is -0.479 e. The third-order valence-corrected chi connectivity index (χ3v) is 5.82. The van der Waals surface area contributed by atoms with E-state index in [1.807, 2.05) is 57.2 Å². The van der Waals surface area contributed by atoms with E-state index in [-0.39, 0.29) is 24.5 Å². The molecule has 0 bridgehead atoms. The van der Waals surface area contributed by atoms with Crippen LogP contribution in [0.4, 0.5) is 4.79 Å². The van der Waals surface area contributed by atoms with Crippen molar-refractivity contribution in [3.63, 3.8) is 0 Å². The third kappa shape index (κ3) is 6.35. The molecule has 2 atom stereocenters. The SMILES string of the molecule is CC(C)(C)CC(CNC(=O)OCC1c2ccccc2-c2ccccc21)C(=O)NC[C@H](O)C(=O)O. The molecule has 0 aromatic heterocycles. The van der Waals surface area contributed by atoms with E-state index in [0.717, 1.165) is 22.3 Å². The summed E-state index contributed by atoms with van der Waals surface area (Å²) >= 11 is 0. The van der Waals surface area contributed by atoms with Gasteiger partial charge in [0.05, 0.1) is 12.5 Å². The molecule has 0 spiro atoms. The van der Waals surface area contributed by atoms with Gasteiger partial charge in [0.25, 0.3) is 0 Å². The van der Waals surface area contributed by atoms with Crippen LogP contribution < -0.4 is 10.6 Å². The molecular weight excluding hydrogens is 436 g/mol. The number of nitrogens with one attached hydrogen (secondary N) is 2. The van der Waals surface area contributed by atoms with E-state index in [2.05, 4.69) is 22.8 Å². The summed E-state index contributed by atoms with van der Waals surface area (Å²) in [5.41, 5.74) is 4.28. The smallest absolute Gasteiger partial charge is 0.407 e. The molecule has 4 N–H and O–H groups in total. The van der Waals surface area contributed by atoms with Gasteiger partial charge < -0.3 is 25.6 Å². The minimum absolute atomic E-state index is 0.0307. The van der Waals surface area contributed by atoms with Gasteiger partial charge in [-0.25, -0.2) is 9.59 Å². The first kappa shape index (κ1) is 25.2. The molecule has 0 heterocycles. The Balaban J connectivity index is 1.58. The fourth-order valence-electron chi connectivity index (χ4n) is 4.28. The van der Waals surface area contributed by atoms with Crippen LogP contribution in [0.2, 0.25) is 0 Å². The molecule has 2 aromatic carbocycles. The Kier molecular flexibility index (Phi) is 7.94. The molecule has 1 unspecified atom stereocenters. The molecule has 1 aliphatic carbocycles. The Morgan fingerprint density at radius 3 is 2.03 bits per heavy atom. The van der Waals surface area contributed by atoms with Crippen LogP contribution in [0, 0.1) is 11.3 Å². The van der Waals surface area contributed by atoms with Gasteiger partial charge in [-0.05, 0) is 34.1 Å². The van der Waals surface area contributed by atoms with E-state index in [1.54, 1.807) is 0 Å². The number of aliphatic hydroxyl groups excluding tert-OH is 1. The fraction of sp³-hybridized carbons (Fsp3) is 0.423. The second-order valence-corrected chi connectivity index (χ2v) is 9.77. The van der Waals surface area contributed by atoms with Crippen molar-refractivity contribution in [1.82, 2.24) is 10.6 Å². The van der Waals surface area contributed by atoms with Gasteiger partial charge in [-0.2, -0.15) is 0 Å². The number of ether oxygens (including phenoxy) is 1. The number of carboxylic acid groups (broad SMARTS) is 1. The quantitative estimate of drug-likeness (QED) is 0.448. The second-order valence-electron chi connectivity index (χ2n) is 9.77. The molecule has 34 heavy (non-hydrogen) atoms. The molecule has 0 radical (unpaired) electrons. The van der Waals surface area contributed by atoms with Gasteiger partial charge in [0.15, 0.2) is 6.10 Å². The monoisotopic (exact) mass is 468 g/mol. The predicted octanol–water partition coefficient (Wildman–Crippen LogP) is 3.14. The summed E-state index contributed by atoms with van der Waals surface area (Å²) in [6.07, 6.45) is -1.86. The lowest BCUT2D eigenvalue weighted by atomic mass is 9.84. The first-order valence-corrected chi connectivity index (χ1v) is 11.3. The molecule has 2 aromatic rings. The largest absolute Gasteiger partial charge is 0.479 e. The van der Waals surface area contributed by atoms with E-state index in [9.17, 15) is 19.5 Å². The molecule has 8 nitrogen and oxygen atoms in total. The molecule has 182 valence electrons. The van der Waals surface area contributed by atoms with E-state index < -0.39 is 36.5 Å². The van der Waals surface area contributed by atoms with Crippen molar-refractivity contribution in [2.24, 2.45) is 11.3 Å². The number of rotatable bonds is 9. The topological polar surface area (TPSA) is 125 Å². The van der Waals surface area contributed by atoms with Gasteiger partial charge in [0.2, 0.25) is 5.91 Å². The van der Waals surface area contributed by atoms with Crippen molar-refractivity contribution in [1.29, 1.82) is 0 Å². The van der Waals surface area contributed by atoms with E-state index in [4.69, 9.17) is 9.84 Å². The zero-order valence-electron chi connectivity index (χ0n) is 19.7. The number of carboxylic acids is 1. The summed E-state index contributed by atoms with van der Waals surface area (Å²) in [5.74, 6) is -2.52. The Labute approximate surface area is 199 Å². The predicted molar refractivity (Wildman–Crippen MR) is 127 cm³/mol. The van der Waals surface area contributed by atoms with Crippen molar-refractivity contribution < 1.29 is 29.3 Å². The molecular formula is C26H32N2O6. The Bertz CT molecular complexity index is 1000. The van der Waals surface area contributed by atoms with Crippen LogP contribution in [0.1, 0.15) is 44.2 Å². The Morgan fingerprint density at radius 2 is 1.50 bits per heavy atom. The molecule has 2 amide bonds.